The molecule has 1 aliphatic rings. The van der Waals surface area contributed by atoms with Gasteiger partial charge in [-0.3, -0.25) is 5.32 Å². The molecule has 1 N–H and O–H groups in total. The minimum Gasteiger partial charge on any atom is -0.382 e. The number of nitrogens with one attached hydrogen (secondary N) is 1. The number of ether oxygens (including phenoxy) is 1. The van der Waals surface area contributed by atoms with Gasteiger partial charge in [0.2, 0.25) is 0 Å². The van der Waals surface area contributed by atoms with Gasteiger partial charge in [-0.1, -0.05) is 13.3 Å². The summed E-state index contributed by atoms with van der Waals surface area (Å²) in [7, 11) is 0. The Labute approximate surface area is 92.8 Å². The van der Waals surface area contributed by atoms with Crippen molar-refractivity contribution >= 4 is 0 Å². The molecule has 1 saturated carbocycles. The van der Waals surface area contributed by atoms with Crippen molar-refractivity contribution in [3.63, 3.8) is 0 Å². The Morgan fingerprint density at radius 3 is 2.93 bits per heavy atom. The van der Waals surface area contributed by atoms with Crippen molar-refractivity contribution in [3.05, 3.63) is 0 Å². The third-order valence-corrected chi connectivity index (χ3v) is 3.33. The predicted octanol–water partition coefficient (Wildman–Crippen LogP) is 2.08. The smallest absolute Gasteiger partial charge is 0.109 e. The summed E-state index contributed by atoms with van der Waals surface area (Å²) in [5, 5.41) is 12.7. The topological polar surface area (TPSA) is 45.0 Å². The normalized spacial score (nSPS) is 30.3. The van der Waals surface area contributed by atoms with Crippen molar-refractivity contribution in [2.24, 2.45) is 5.92 Å². The first-order valence-corrected chi connectivity index (χ1v) is 6.03. The molecule has 3 heteroatoms. The van der Waals surface area contributed by atoms with E-state index in [2.05, 4.69) is 18.3 Å². The van der Waals surface area contributed by atoms with Crippen LogP contribution in [0.2, 0.25) is 0 Å². The zero-order valence-electron chi connectivity index (χ0n) is 9.88. The van der Waals surface area contributed by atoms with Gasteiger partial charge in [-0.15, -0.1) is 0 Å². The van der Waals surface area contributed by atoms with Crippen LogP contribution in [0.3, 0.4) is 0 Å². The van der Waals surface area contributed by atoms with Crippen molar-refractivity contribution in [3.8, 4) is 6.07 Å². The van der Waals surface area contributed by atoms with Crippen LogP contribution in [0.1, 0.15) is 39.5 Å². The molecule has 0 aromatic carbocycles. The second-order valence-electron chi connectivity index (χ2n) is 4.19. The lowest BCUT2D eigenvalue weighted by atomic mass is 9.86. The molecule has 0 aliphatic heterocycles. The third-order valence-electron chi connectivity index (χ3n) is 3.33. The molecule has 0 amide bonds. The SMILES string of the molecule is CCNC1(C#N)CCCC1CCOCC. The van der Waals surface area contributed by atoms with Crippen molar-refractivity contribution in [2.75, 3.05) is 19.8 Å². The summed E-state index contributed by atoms with van der Waals surface area (Å²) in [4.78, 5) is 0. The van der Waals surface area contributed by atoms with E-state index in [0.29, 0.717) is 5.92 Å². The molecule has 0 aromatic rings. The Morgan fingerprint density at radius 2 is 2.33 bits per heavy atom. The molecule has 0 bridgehead atoms. The lowest BCUT2D eigenvalue weighted by Gasteiger charge is -2.29. The summed E-state index contributed by atoms with van der Waals surface area (Å²) >= 11 is 0. The maximum absolute atomic E-state index is 9.32. The summed E-state index contributed by atoms with van der Waals surface area (Å²) in [6.45, 7) is 6.51. The molecular weight excluding hydrogens is 188 g/mol. The molecule has 2 atom stereocenters. The second kappa shape index (κ2) is 6.09. The Bertz CT molecular complexity index is 224. The van der Waals surface area contributed by atoms with Crippen LogP contribution < -0.4 is 5.32 Å². The van der Waals surface area contributed by atoms with E-state index in [1.165, 1.54) is 0 Å². The zero-order valence-corrected chi connectivity index (χ0v) is 9.88. The fourth-order valence-electron chi connectivity index (χ4n) is 2.57. The second-order valence-corrected chi connectivity index (χ2v) is 4.19. The summed E-state index contributed by atoms with van der Waals surface area (Å²) in [6.07, 6.45) is 4.33. The fraction of sp³-hybridized carbons (Fsp3) is 0.917. The van der Waals surface area contributed by atoms with Crippen LogP contribution in [-0.2, 0) is 4.74 Å². The van der Waals surface area contributed by atoms with Gasteiger partial charge in [-0.25, -0.2) is 0 Å². The van der Waals surface area contributed by atoms with Gasteiger partial charge in [0, 0.05) is 13.2 Å². The van der Waals surface area contributed by atoms with Crippen molar-refractivity contribution in [1.82, 2.24) is 5.32 Å². The molecule has 86 valence electrons. The van der Waals surface area contributed by atoms with Gasteiger partial charge >= 0.3 is 0 Å². The maximum atomic E-state index is 9.32. The molecule has 1 aliphatic carbocycles. The first kappa shape index (κ1) is 12.5. The number of nitrogens with zero attached hydrogens (tertiary/aromatic N) is 1. The quantitative estimate of drug-likeness (QED) is 0.683. The van der Waals surface area contributed by atoms with Gasteiger partial charge in [-0.2, -0.15) is 5.26 Å². The van der Waals surface area contributed by atoms with E-state index < -0.39 is 0 Å². The molecule has 0 aromatic heterocycles. The Hall–Kier alpha value is -0.590. The van der Waals surface area contributed by atoms with Gasteiger partial charge in [0.15, 0.2) is 0 Å². The maximum Gasteiger partial charge on any atom is 0.109 e. The van der Waals surface area contributed by atoms with Crippen LogP contribution in [0.5, 0.6) is 0 Å². The molecule has 15 heavy (non-hydrogen) atoms. The Morgan fingerprint density at radius 1 is 1.53 bits per heavy atom. The summed E-state index contributed by atoms with van der Waals surface area (Å²) in [6, 6.07) is 2.49. The first-order chi connectivity index (χ1) is 7.29. The van der Waals surface area contributed by atoms with E-state index >= 15 is 0 Å². The minimum absolute atomic E-state index is 0.272. The molecule has 0 heterocycles. The van der Waals surface area contributed by atoms with Gasteiger partial charge in [0.25, 0.3) is 0 Å². The highest BCUT2D eigenvalue weighted by Gasteiger charge is 2.41. The number of nitriles is 1. The third kappa shape index (κ3) is 2.93. The highest BCUT2D eigenvalue weighted by molar-refractivity contribution is 5.13. The lowest BCUT2D eigenvalue weighted by molar-refractivity contribution is 0.122. The van der Waals surface area contributed by atoms with Crippen LogP contribution in [-0.4, -0.2) is 25.3 Å². The molecule has 0 spiro atoms. The average Bonchev–Trinajstić information content (AvgIpc) is 2.63. The summed E-state index contributed by atoms with van der Waals surface area (Å²) < 4.78 is 5.37. The van der Waals surface area contributed by atoms with E-state index in [-0.39, 0.29) is 5.54 Å². The van der Waals surface area contributed by atoms with Crippen LogP contribution in [0.4, 0.5) is 0 Å². The van der Waals surface area contributed by atoms with E-state index in [0.717, 1.165) is 45.4 Å². The fourth-order valence-corrected chi connectivity index (χ4v) is 2.57. The highest BCUT2D eigenvalue weighted by atomic mass is 16.5. The van der Waals surface area contributed by atoms with Crippen LogP contribution in [0, 0.1) is 17.2 Å². The van der Waals surface area contributed by atoms with Crippen molar-refractivity contribution < 1.29 is 4.74 Å². The standard InChI is InChI=1S/C12H22N2O/c1-3-14-12(10-13)8-5-6-11(12)7-9-15-4-2/h11,14H,3-9H2,1-2H3. The summed E-state index contributed by atoms with van der Waals surface area (Å²) in [5.41, 5.74) is -0.272. The monoisotopic (exact) mass is 210 g/mol. The van der Waals surface area contributed by atoms with E-state index in [4.69, 9.17) is 4.74 Å². The number of rotatable bonds is 6. The summed E-state index contributed by atoms with van der Waals surface area (Å²) in [5.74, 6) is 0.467. The van der Waals surface area contributed by atoms with Crippen LogP contribution in [0.25, 0.3) is 0 Å². The molecular formula is C12H22N2O. The molecule has 1 fully saturated rings. The van der Waals surface area contributed by atoms with Gasteiger partial charge in [0.1, 0.15) is 5.54 Å². The van der Waals surface area contributed by atoms with Gasteiger partial charge in [-0.05, 0) is 38.6 Å². The molecule has 1 rings (SSSR count). The Balaban J connectivity index is 2.50. The lowest BCUT2D eigenvalue weighted by Crippen LogP contribution is -2.47. The van der Waals surface area contributed by atoms with Crippen molar-refractivity contribution in [1.29, 1.82) is 5.26 Å². The number of hydrogen-bond acceptors (Lipinski definition) is 3. The molecule has 2 unspecified atom stereocenters. The van der Waals surface area contributed by atoms with Gasteiger partial charge in [0.05, 0.1) is 6.07 Å². The highest BCUT2D eigenvalue weighted by Crippen LogP contribution is 2.37. The molecule has 0 saturated heterocycles. The predicted molar refractivity (Wildman–Crippen MR) is 60.5 cm³/mol. The molecule has 0 radical (unpaired) electrons. The van der Waals surface area contributed by atoms with Crippen LogP contribution in [0.15, 0.2) is 0 Å². The molecule has 3 nitrogen and oxygen atoms in total. The largest absolute Gasteiger partial charge is 0.382 e. The van der Waals surface area contributed by atoms with Gasteiger partial charge < -0.3 is 4.74 Å². The van der Waals surface area contributed by atoms with Crippen molar-refractivity contribution in [2.45, 2.75) is 45.1 Å². The van der Waals surface area contributed by atoms with E-state index in [1.54, 1.807) is 0 Å². The Kier molecular flexibility index (Phi) is 5.07. The van der Waals surface area contributed by atoms with E-state index in [1.807, 2.05) is 6.92 Å². The van der Waals surface area contributed by atoms with Crippen LogP contribution >= 0.6 is 0 Å². The zero-order chi connectivity index (χ0) is 11.1. The minimum atomic E-state index is -0.272. The average molecular weight is 210 g/mol. The van der Waals surface area contributed by atoms with E-state index in [9.17, 15) is 5.26 Å². The first-order valence-electron chi connectivity index (χ1n) is 6.03. The number of hydrogen-bond donors (Lipinski definition) is 1.